The van der Waals surface area contributed by atoms with Gasteiger partial charge >= 0.3 is 0 Å². The fraction of sp³-hybridized carbons (Fsp3) is 0.300. The van der Waals surface area contributed by atoms with Crippen LogP contribution in [0.5, 0.6) is 0 Å². The molecular formula is C10H14N2S. The van der Waals surface area contributed by atoms with Crippen LogP contribution in [-0.4, -0.2) is 5.17 Å². The molecule has 0 aliphatic carbocycles. The van der Waals surface area contributed by atoms with Gasteiger partial charge in [-0.25, -0.2) is 0 Å². The van der Waals surface area contributed by atoms with Crippen LogP contribution in [0.4, 0.5) is 0 Å². The predicted molar refractivity (Wildman–Crippen MR) is 59.1 cm³/mol. The lowest BCUT2D eigenvalue weighted by Crippen LogP contribution is -2.04. The number of hydrogen-bond donors (Lipinski definition) is 2. The molecule has 70 valence electrons. The Morgan fingerprint density at radius 3 is 2.38 bits per heavy atom. The Morgan fingerprint density at radius 2 is 1.92 bits per heavy atom. The number of amidine groups is 1. The standard InChI is InChI=1S/C10H14N2S/c1-7-4-3-5-8(2)9(7)6-13-10(11)12/h3-5H,6H2,1-2H3,(H3,11,12). The molecule has 1 aromatic rings. The van der Waals surface area contributed by atoms with E-state index in [4.69, 9.17) is 11.1 Å². The van der Waals surface area contributed by atoms with E-state index in [1.54, 1.807) is 0 Å². The molecule has 0 saturated carbocycles. The average Bonchev–Trinajstić information content (AvgIpc) is 2.03. The molecule has 0 spiro atoms. The Bertz CT molecular complexity index is 300. The Labute approximate surface area is 83.0 Å². The van der Waals surface area contributed by atoms with E-state index >= 15 is 0 Å². The molecule has 0 saturated heterocycles. The summed E-state index contributed by atoms with van der Waals surface area (Å²) < 4.78 is 0. The topological polar surface area (TPSA) is 49.9 Å². The fourth-order valence-corrected chi connectivity index (χ4v) is 1.98. The number of thioether (sulfide) groups is 1. The highest BCUT2D eigenvalue weighted by molar-refractivity contribution is 8.13. The smallest absolute Gasteiger partial charge is 0.151 e. The monoisotopic (exact) mass is 194 g/mol. The zero-order chi connectivity index (χ0) is 9.84. The first-order valence-corrected chi connectivity index (χ1v) is 5.11. The zero-order valence-corrected chi connectivity index (χ0v) is 8.74. The first kappa shape index (κ1) is 10.1. The minimum Gasteiger partial charge on any atom is -0.379 e. The number of nitrogens with one attached hydrogen (secondary N) is 1. The van der Waals surface area contributed by atoms with Crippen LogP contribution in [-0.2, 0) is 5.75 Å². The highest BCUT2D eigenvalue weighted by atomic mass is 32.2. The highest BCUT2D eigenvalue weighted by Gasteiger charge is 2.02. The van der Waals surface area contributed by atoms with Crippen molar-refractivity contribution in [2.24, 2.45) is 5.73 Å². The van der Waals surface area contributed by atoms with Crippen LogP contribution in [0.1, 0.15) is 16.7 Å². The number of hydrogen-bond acceptors (Lipinski definition) is 2. The molecule has 0 fully saturated rings. The molecule has 1 rings (SSSR count). The Balaban J connectivity index is 2.81. The molecule has 3 heteroatoms. The summed E-state index contributed by atoms with van der Waals surface area (Å²) in [6.45, 7) is 4.17. The van der Waals surface area contributed by atoms with Gasteiger partial charge in [0, 0.05) is 5.75 Å². The lowest BCUT2D eigenvalue weighted by atomic mass is 10.1. The van der Waals surface area contributed by atoms with Crippen molar-refractivity contribution in [1.82, 2.24) is 0 Å². The van der Waals surface area contributed by atoms with E-state index in [1.807, 2.05) is 6.07 Å². The van der Waals surface area contributed by atoms with E-state index in [0.717, 1.165) is 5.75 Å². The summed E-state index contributed by atoms with van der Waals surface area (Å²) in [5.41, 5.74) is 9.12. The van der Waals surface area contributed by atoms with Gasteiger partial charge in [0.15, 0.2) is 5.17 Å². The molecular weight excluding hydrogens is 180 g/mol. The molecule has 0 aromatic heterocycles. The molecule has 0 unspecified atom stereocenters. The second kappa shape index (κ2) is 4.33. The first-order valence-electron chi connectivity index (χ1n) is 4.13. The van der Waals surface area contributed by atoms with Crippen LogP contribution < -0.4 is 5.73 Å². The molecule has 1 aromatic carbocycles. The van der Waals surface area contributed by atoms with Crippen molar-refractivity contribution in [2.45, 2.75) is 19.6 Å². The third kappa shape index (κ3) is 2.77. The SMILES string of the molecule is Cc1cccc(C)c1CSC(=N)N. The normalized spacial score (nSPS) is 10.0. The third-order valence-corrected chi connectivity index (χ3v) is 2.76. The average molecular weight is 194 g/mol. The lowest BCUT2D eigenvalue weighted by molar-refractivity contribution is 1.24. The van der Waals surface area contributed by atoms with Crippen molar-refractivity contribution in [3.63, 3.8) is 0 Å². The minimum absolute atomic E-state index is 0.183. The molecule has 13 heavy (non-hydrogen) atoms. The first-order chi connectivity index (χ1) is 6.11. The lowest BCUT2D eigenvalue weighted by Gasteiger charge is -2.07. The zero-order valence-electron chi connectivity index (χ0n) is 7.92. The summed E-state index contributed by atoms with van der Waals surface area (Å²) in [5, 5.41) is 7.31. The second-order valence-electron chi connectivity index (χ2n) is 3.02. The number of aryl methyl sites for hydroxylation is 2. The Hall–Kier alpha value is -0.960. The van der Waals surface area contributed by atoms with E-state index in [-0.39, 0.29) is 5.17 Å². The van der Waals surface area contributed by atoms with Crippen molar-refractivity contribution < 1.29 is 0 Å². The summed E-state index contributed by atoms with van der Waals surface area (Å²) in [7, 11) is 0. The third-order valence-electron chi connectivity index (χ3n) is 2.02. The van der Waals surface area contributed by atoms with Crippen molar-refractivity contribution in [1.29, 1.82) is 5.41 Å². The van der Waals surface area contributed by atoms with Crippen LogP contribution in [0.3, 0.4) is 0 Å². The van der Waals surface area contributed by atoms with Crippen molar-refractivity contribution in [3.8, 4) is 0 Å². The van der Waals surface area contributed by atoms with E-state index in [9.17, 15) is 0 Å². The van der Waals surface area contributed by atoms with E-state index in [0.29, 0.717) is 0 Å². The largest absolute Gasteiger partial charge is 0.379 e. The number of nitrogens with two attached hydrogens (primary N) is 1. The molecule has 0 heterocycles. The Kier molecular flexibility index (Phi) is 3.37. The van der Waals surface area contributed by atoms with Crippen LogP contribution in [0.25, 0.3) is 0 Å². The molecule has 3 N–H and O–H groups in total. The van der Waals surface area contributed by atoms with Crippen LogP contribution >= 0.6 is 11.8 Å². The van der Waals surface area contributed by atoms with Gasteiger partial charge in [0.05, 0.1) is 0 Å². The van der Waals surface area contributed by atoms with Gasteiger partial charge in [0.2, 0.25) is 0 Å². The van der Waals surface area contributed by atoms with Crippen molar-refractivity contribution >= 4 is 16.9 Å². The summed E-state index contributed by atoms with van der Waals surface area (Å²) >= 11 is 1.37. The molecule has 0 atom stereocenters. The van der Waals surface area contributed by atoms with Gasteiger partial charge in [-0.15, -0.1) is 0 Å². The molecule has 2 nitrogen and oxygen atoms in total. The van der Waals surface area contributed by atoms with Crippen LogP contribution in [0, 0.1) is 19.3 Å². The van der Waals surface area contributed by atoms with Gasteiger partial charge < -0.3 is 5.73 Å². The summed E-state index contributed by atoms with van der Waals surface area (Å²) in [5.74, 6) is 0.799. The number of benzene rings is 1. The van der Waals surface area contributed by atoms with Crippen LogP contribution in [0.15, 0.2) is 18.2 Å². The minimum atomic E-state index is 0.183. The summed E-state index contributed by atoms with van der Waals surface area (Å²) in [6.07, 6.45) is 0. The van der Waals surface area contributed by atoms with Gasteiger partial charge in [0.1, 0.15) is 0 Å². The molecule has 0 aliphatic heterocycles. The molecule has 0 radical (unpaired) electrons. The Morgan fingerprint density at radius 1 is 1.38 bits per heavy atom. The maximum atomic E-state index is 7.13. The van der Waals surface area contributed by atoms with E-state index in [2.05, 4.69) is 26.0 Å². The van der Waals surface area contributed by atoms with Crippen molar-refractivity contribution in [2.75, 3.05) is 0 Å². The highest BCUT2D eigenvalue weighted by Crippen LogP contribution is 2.19. The molecule has 0 bridgehead atoms. The fourth-order valence-electron chi connectivity index (χ4n) is 1.23. The maximum Gasteiger partial charge on any atom is 0.151 e. The van der Waals surface area contributed by atoms with Crippen LogP contribution in [0.2, 0.25) is 0 Å². The van der Waals surface area contributed by atoms with Crippen molar-refractivity contribution in [3.05, 3.63) is 34.9 Å². The number of rotatable bonds is 2. The second-order valence-corrected chi connectivity index (χ2v) is 4.04. The predicted octanol–water partition coefficient (Wildman–Crippen LogP) is 2.43. The summed E-state index contributed by atoms with van der Waals surface area (Å²) in [6, 6.07) is 6.22. The van der Waals surface area contributed by atoms with Gasteiger partial charge in [-0.1, -0.05) is 30.0 Å². The van der Waals surface area contributed by atoms with Gasteiger partial charge in [-0.3, -0.25) is 5.41 Å². The quantitative estimate of drug-likeness (QED) is 0.561. The summed E-state index contributed by atoms with van der Waals surface area (Å²) in [4.78, 5) is 0. The van der Waals surface area contributed by atoms with Gasteiger partial charge in [-0.2, -0.15) is 0 Å². The van der Waals surface area contributed by atoms with E-state index < -0.39 is 0 Å². The van der Waals surface area contributed by atoms with Gasteiger partial charge in [0.25, 0.3) is 0 Å². The van der Waals surface area contributed by atoms with E-state index in [1.165, 1.54) is 28.5 Å². The molecule has 0 aliphatic rings. The maximum absolute atomic E-state index is 7.13. The molecule has 0 amide bonds. The van der Waals surface area contributed by atoms with Gasteiger partial charge in [-0.05, 0) is 30.5 Å².